The zero-order valence-electron chi connectivity index (χ0n) is 19.6. The summed E-state index contributed by atoms with van der Waals surface area (Å²) in [6, 6.07) is 36.2. The summed E-state index contributed by atoms with van der Waals surface area (Å²) in [4.78, 5) is 4.66. The van der Waals surface area contributed by atoms with Gasteiger partial charge in [0.2, 0.25) is 0 Å². The highest BCUT2D eigenvalue weighted by atomic mass is 32.1. The molecule has 1 N–H and O–H groups in total. The van der Waals surface area contributed by atoms with Crippen molar-refractivity contribution in [2.75, 3.05) is 0 Å². The minimum absolute atomic E-state index is 0.228. The molecular formula is C33H19NOS2. The first-order valence-electron chi connectivity index (χ1n) is 12.2. The molecule has 0 spiro atoms. The number of phenolic OH excluding ortho intramolecular Hbond substituents is 1. The summed E-state index contributed by atoms with van der Waals surface area (Å²) in [6.07, 6.45) is 1.76. The van der Waals surface area contributed by atoms with E-state index in [0.29, 0.717) is 5.52 Å². The highest BCUT2D eigenvalue weighted by molar-refractivity contribution is 7.26. The van der Waals surface area contributed by atoms with E-state index in [1.54, 1.807) is 17.5 Å². The molecule has 8 rings (SSSR count). The van der Waals surface area contributed by atoms with Crippen molar-refractivity contribution >= 4 is 73.9 Å². The molecule has 5 aromatic carbocycles. The molecule has 0 atom stereocenters. The normalized spacial score (nSPS) is 11.9. The van der Waals surface area contributed by atoms with Crippen molar-refractivity contribution < 1.29 is 5.11 Å². The van der Waals surface area contributed by atoms with E-state index in [1.807, 2.05) is 17.4 Å². The second-order valence-electron chi connectivity index (χ2n) is 9.28. The fourth-order valence-corrected chi connectivity index (χ4v) is 7.98. The number of fused-ring (bicyclic) bond motifs is 7. The lowest BCUT2D eigenvalue weighted by atomic mass is 9.91. The molecule has 0 amide bonds. The zero-order chi connectivity index (χ0) is 24.5. The van der Waals surface area contributed by atoms with Gasteiger partial charge in [0.1, 0.15) is 11.3 Å². The van der Waals surface area contributed by atoms with E-state index in [2.05, 4.69) is 102 Å². The van der Waals surface area contributed by atoms with Gasteiger partial charge in [-0.1, -0.05) is 72.8 Å². The number of benzene rings is 5. The second-order valence-corrected chi connectivity index (χ2v) is 11.4. The summed E-state index contributed by atoms with van der Waals surface area (Å²) in [5.41, 5.74) is 4.73. The van der Waals surface area contributed by atoms with E-state index < -0.39 is 0 Å². The van der Waals surface area contributed by atoms with E-state index in [0.717, 1.165) is 27.6 Å². The summed E-state index contributed by atoms with van der Waals surface area (Å²) in [5, 5.41) is 17.5. The molecule has 2 nitrogen and oxygen atoms in total. The zero-order valence-corrected chi connectivity index (χ0v) is 21.2. The summed E-state index contributed by atoms with van der Waals surface area (Å²) in [6.45, 7) is 0. The lowest BCUT2D eigenvalue weighted by Crippen LogP contribution is -1.90. The van der Waals surface area contributed by atoms with Gasteiger partial charge in [-0.15, -0.1) is 22.7 Å². The molecule has 0 fully saturated rings. The first-order valence-corrected chi connectivity index (χ1v) is 13.8. The number of phenols is 1. The Morgan fingerprint density at radius 2 is 1.19 bits per heavy atom. The quantitative estimate of drug-likeness (QED) is 0.251. The van der Waals surface area contributed by atoms with Gasteiger partial charge in [-0.3, -0.25) is 4.98 Å². The van der Waals surface area contributed by atoms with Crippen molar-refractivity contribution in [3.63, 3.8) is 0 Å². The first kappa shape index (κ1) is 20.9. The van der Waals surface area contributed by atoms with Gasteiger partial charge < -0.3 is 5.11 Å². The Morgan fingerprint density at radius 3 is 2.08 bits per heavy atom. The summed E-state index contributed by atoms with van der Waals surface area (Å²) < 4.78 is 4.97. The van der Waals surface area contributed by atoms with Crippen LogP contribution in [0.2, 0.25) is 0 Å². The standard InChI is InChI=1S/C33H19NOS2/c35-32-26(23-12-5-11-22-19-8-1-3-14-27(19)37-33(22)23)18-25(21-13-7-17-34-31(21)32)20-10-6-16-29-30(20)24-9-2-4-15-28(24)36-29/h1-18,35H. The average Bonchev–Trinajstić information content (AvgIpc) is 3.52. The van der Waals surface area contributed by atoms with Crippen LogP contribution in [0.1, 0.15) is 0 Å². The maximum atomic E-state index is 11.6. The maximum Gasteiger partial charge on any atom is 0.149 e. The lowest BCUT2D eigenvalue weighted by Gasteiger charge is -2.15. The molecule has 0 radical (unpaired) electrons. The lowest BCUT2D eigenvalue weighted by molar-refractivity contribution is 0.482. The number of nitrogens with zero attached hydrogens (tertiary/aromatic N) is 1. The number of aromatic hydroxyl groups is 1. The molecule has 0 bridgehead atoms. The Labute approximate surface area is 220 Å². The number of rotatable bonds is 2. The molecule has 0 aliphatic carbocycles. The van der Waals surface area contributed by atoms with Crippen LogP contribution in [0.25, 0.3) is 73.5 Å². The Kier molecular flexibility index (Phi) is 4.45. The largest absolute Gasteiger partial charge is 0.505 e. The minimum Gasteiger partial charge on any atom is -0.505 e. The Bertz CT molecular complexity index is 2170. The molecule has 0 saturated carbocycles. The Balaban J connectivity index is 1.51. The van der Waals surface area contributed by atoms with Gasteiger partial charge in [0.05, 0.1) is 0 Å². The van der Waals surface area contributed by atoms with Gasteiger partial charge in [0.15, 0.2) is 0 Å². The molecule has 3 aromatic heterocycles. The van der Waals surface area contributed by atoms with Crippen LogP contribution in [0.5, 0.6) is 5.75 Å². The molecule has 8 aromatic rings. The van der Waals surface area contributed by atoms with Gasteiger partial charge >= 0.3 is 0 Å². The van der Waals surface area contributed by atoms with Crippen LogP contribution in [0.4, 0.5) is 0 Å². The number of hydrogen-bond acceptors (Lipinski definition) is 4. The highest BCUT2D eigenvalue weighted by Gasteiger charge is 2.20. The van der Waals surface area contributed by atoms with Crippen molar-refractivity contribution in [2.24, 2.45) is 0 Å². The van der Waals surface area contributed by atoms with E-state index in [4.69, 9.17) is 0 Å². The molecule has 37 heavy (non-hydrogen) atoms. The predicted molar refractivity (Wildman–Crippen MR) is 160 cm³/mol. The third-order valence-corrected chi connectivity index (χ3v) is 9.61. The molecule has 4 heteroatoms. The van der Waals surface area contributed by atoms with E-state index >= 15 is 0 Å². The highest BCUT2D eigenvalue weighted by Crippen LogP contribution is 2.48. The molecule has 0 aliphatic rings. The van der Waals surface area contributed by atoms with E-state index in [9.17, 15) is 5.11 Å². The van der Waals surface area contributed by atoms with Gasteiger partial charge in [0, 0.05) is 63.1 Å². The minimum atomic E-state index is 0.228. The molecule has 3 heterocycles. The summed E-state index contributed by atoms with van der Waals surface area (Å²) in [7, 11) is 0. The third kappa shape index (κ3) is 3.00. The number of pyridine rings is 1. The molecule has 0 unspecified atom stereocenters. The van der Waals surface area contributed by atoms with E-state index in [1.165, 1.54) is 40.3 Å². The van der Waals surface area contributed by atoms with E-state index in [-0.39, 0.29) is 5.75 Å². The van der Waals surface area contributed by atoms with Crippen molar-refractivity contribution in [1.29, 1.82) is 0 Å². The summed E-state index contributed by atoms with van der Waals surface area (Å²) >= 11 is 3.60. The third-order valence-electron chi connectivity index (χ3n) is 7.25. The molecule has 174 valence electrons. The molecule has 0 saturated heterocycles. The topological polar surface area (TPSA) is 33.1 Å². The Morgan fingerprint density at radius 1 is 0.514 bits per heavy atom. The molecular weight excluding hydrogens is 491 g/mol. The van der Waals surface area contributed by atoms with Gasteiger partial charge in [-0.25, -0.2) is 0 Å². The van der Waals surface area contributed by atoms with Crippen molar-refractivity contribution in [3.8, 4) is 28.0 Å². The van der Waals surface area contributed by atoms with Crippen molar-refractivity contribution in [1.82, 2.24) is 4.98 Å². The first-order chi connectivity index (χ1) is 18.3. The van der Waals surface area contributed by atoms with Crippen LogP contribution in [-0.2, 0) is 0 Å². The van der Waals surface area contributed by atoms with Crippen LogP contribution in [0.3, 0.4) is 0 Å². The van der Waals surface area contributed by atoms with Crippen LogP contribution >= 0.6 is 22.7 Å². The van der Waals surface area contributed by atoms with Gasteiger partial charge in [-0.2, -0.15) is 0 Å². The maximum absolute atomic E-state index is 11.6. The summed E-state index contributed by atoms with van der Waals surface area (Å²) in [5.74, 6) is 0.228. The van der Waals surface area contributed by atoms with Gasteiger partial charge in [-0.05, 0) is 41.5 Å². The fourth-order valence-electron chi connectivity index (χ4n) is 5.62. The van der Waals surface area contributed by atoms with Crippen LogP contribution in [0.15, 0.2) is 109 Å². The van der Waals surface area contributed by atoms with Gasteiger partial charge in [0.25, 0.3) is 0 Å². The SMILES string of the molecule is Oc1c(-c2cccc3c2sc2ccccc23)cc(-c2cccc3sc4ccccc4c23)c2cccnc12. The van der Waals surface area contributed by atoms with Crippen LogP contribution in [0, 0.1) is 0 Å². The second kappa shape index (κ2) is 7.87. The Hall–Kier alpha value is -4.25. The van der Waals surface area contributed by atoms with Crippen molar-refractivity contribution in [3.05, 3.63) is 109 Å². The van der Waals surface area contributed by atoms with Crippen LogP contribution < -0.4 is 0 Å². The monoisotopic (exact) mass is 509 g/mol. The number of hydrogen-bond donors (Lipinski definition) is 1. The smallest absolute Gasteiger partial charge is 0.149 e. The van der Waals surface area contributed by atoms with Crippen molar-refractivity contribution in [2.45, 2.75) is 0 Å². The number of aromatic nitrogens is 1. The average molecular weight is 510 g/mol. The van der Waals surface area contributed by atoms with Crippen LogP contribution in [-0.4, -0.2) is 10.1 Å². The molecule has 0 aliphatic heterocycles. The predicted octanol–water partition coefficient (Wildman–Crippen LogP) is 10.0. The fraction of sp³-hybridized carbons (Fsp3) is 0. The number of thiophene rings is 2.